The topological polar surface area (TPSA) is 176 Å². The van der Waals surface area contributed by atoms with E-state index in [1.54, 1.807) is 0 Å². The van der Waals surface area contributed by atoms with Gasteiger partial charge in [-0.3, -0.25) is 19.3 Å². The van der Waals surface area contributed by atoms with Crippen LogP contribution in [0.15, 0.2) is 33.1 Å². The van der Waals surface area contributed by atoms with Crippen molar-refractivity contribution in [3.8, 4) is 0 Å². The van der Waals surface area contributed by atoms with Gasteiger partial charge in [-0.25, -0.2) is 0 Å². The van der Waals surface area contributed by atoms with Crippen molar-refractivity contribution in [3.05, 3.63) is 18.2 Å². The zero-order valence-electron chi connectivity index (χ0n) is 11.2. The first kappa shape index (κ1) is 18.0. The maximum Gasteiger partial charge on any atom is 0.296 e. The van der Waals surface area contributed by atoms with E-state index in [9.17, 15) is 21.6 Å². The number of nitrogens with two attached hydrogens (primary N) is 1. The van der Waals surface area contributed by atoms with E-state index in [-0.39, 0.29) is 12.1 Å². The summed E-state index contributed by atoms with van der Waals surface area (Å²) in [6, 6.07) is 2.34. The second-order valence-electron chi connectivity index (χ2n) is 4.21. The van der Waals surface area contributed by atoms with E-state index < -0.39 is 41.6 Å². The Morgan fingerprint density at radius 2 is 1.82 bits per heavy atom. The molecule has 10 nitrogen and oxygen atoms in total. The lowest BCUT2D eigenvalue weighted by molar-refractivity contribution is -0.116. The van der Waals surface area contributed by atoms with Crippen molar-refractivity contribution in [3.63, 3.8) is 0 Å². The second kappa shape index (κ2) is 6.39. The monoisotopic (exact) mass is 351 g/mol. The number of nitrogens with one attached hydrogen (secondary N) is 1. The minimum absolute atomic E-state index is 0.186. The van der Waals surface area contributed by atoms with Crippen LogP contribution in [0.5, 0.6) is 0 Å². The smallest absolute Gasteiger partial charge is 0.296 e. The Morgan fingerprint density at radius 1 is 1.23 bits per heavy atom. The number of amides is 1. The van der Waals surface area contributed by atoms with Crippen LogP contribution in [0.3, 0.4) is 0 Å². The third kappa shape index (κ3) is 5.07. The first-order valence-electron chi connectivity index (χ1n) is 5.58. The average Bonchev–Trinajstić information content (AvgIpc) is 2.33. The lowest BCUT2D eigenvalue weighted by Gasteiger charge is -2.09. The third-order valence-corrected chi connectivity index (χ3v) is 4.09. The van der Waals surface area contributed by atoms with Gasteiger partial charge in [-0.1, -0.05) is 0 Å². The molecule has 1 aromatic carbocycles. The molecule has 0 atom stereocenters. The van der Waals surface area contributed by atoms with Gasteiger partial charge in [0, 0.05) is 5.71 Å². The Kier molecular flexibility index (Phi) is 5.24. The highest BCUT2D eigenvalue weighted by Crippen LogP contribution is 2.25. The molecule has 0 aliphatic heterocycles. The number of carbonyl (C=O) groups is 1. The zero-order valence-corrected chi connectivity index (χ0v) is 12.8. The Labute approximate surface area is 126 Å². The molecule has 0 bridgehead atoms. The van der Waals surface area contributed by atoms with Gasteiger partial charge in [-0.15, -0.1) is 0 Å². The molecular formula is C10H13N3O7S2. The average molecular weight is 351 g/mol. The van der Waals surface area contributed by atoms with E-state index >= 15 is 0 Å². The summed E-state index contributed by atoms with van der Waals surface area (Å²) in [5, 5.41) is 3.65. The van der Waals surface area contributed by atoms with Crippen molar-refractivity contribution in [1.29, 1.82) is 0 Å². The van der Waals surface area contributed by atoms with Crippen LogP contribution in [0, 0.1) is 0 Å². The van der Waals surface area contributed by atoms with E-state index in [2.05, 4.69) is 10.5 Å². The van der Waals surface area contributed by atoms with Gasteiger partial charge in [0.1, 0.15) is 4.90 Å². The second-order valence-corrected chi connectivity index (χ2v) is 7.02. The summed E-state index contributed by atoms with van der Waals surface area (Å²) >= 11 is 0. The summed E-state index contributed by atoms with van der Waals surface area (Å²) < 4.78 is 62.5. The Balaban J connectivity index is 3.33. The van der Waals surface area contributed by atoms with Crippen LogP contribution in [0.2, 0.25) is 0 Å². The largest absolute Gasteiger partial charge is 0.369 e. The minimum Gasteiger partial charge on any atom is -0.369 e. The SMILES string of the molecule is C/C(CC(N)=O)=N\Nc1cc(S(=O)(=O)O)ccc1S(=O)(=O)O. The number of primary amides is 1. The van der Waals surface area contributed by atoms with Crippen molar-refractivity contribution in [1.82, 2.24) is 0 Å². The lowest BCUT2D eigenvalue weighted by Crippen LogP contribution is -2.15. The maximum absolute atomic E-state index is 11.2. The standard InChI is InChI=1S/C10H13N3O7S2/c1-6(4-10(11)14)12-13-8-5-7(21(15,16)17)2-3-9(8)22(18,19)20/h2-3,5,13H,4H2,1H3,(H2,11,14)(H,15,16,17)(H,18,19,20)/b12-6+. The highest BCUT2D eigenvalue weighted by Gasteiger charge is 2.19. The zero-order chi connectivity index (χ0) is 17.1. The molecule has 0 saturated heterocycles. The number of benzene rings is 1. The van der Waals surface area contributed by atoms with Gasteiger partial charge >= 0.3 is 0 Å². The van der Waals surface area contributed by atoms with Gasteiger partial charge in [0.2, 0.25) is 5.91 Å². The van der Waals surface area contributed by atoms with Crippen molar-refractivity contribution in [2.75, 3.05) is 5.43 Å². The molecule has 22 heavy (non-hydrogen) atoms. The highest BCUT2D eigenvalue weighted by molar-refractivity contribution is 7.86. The number of carbonyl (C=O) groups excluding carboxylic acids is 1. The predicted octanol–water partition coefficient (Wildman–Crippen LogP) is -0.157. The molecule has 0 heterocycles. The fourth-order valence-corrected chi connectivity index (χ4v) is 2.56. The fourth-order valence-electron chi connectivity index (χ4n) is 1.43. The lowest BCUT2D eigenvalue weighted by atomic mass is 10.3. The number of rotatable bonds is 6. The Hall–Kier alpha value is -2.02. The van der Waals surface area contributed by atoms with Crippen LogP contribution in [-0.4, -0.2) is 37.6 Å². The predicted molar refractivity (Wildman–Crippen MR) is 76.6 cm³/mol. The molecule has 1 amide bonds. The summed E-state index contributed by atoms with van der Waals surface area (Å²) in [5.41, 5.74) is 6.93. The van der Waals surface area contributed by atoms with Crippen LogP contribution in [-0.2, 0) is 25.0 Å². The number of anilines is 1. The minimum atomic E-state index is -4.67. The third-order valence-electron chi connectivity index (χ3n) is 2.32. The van der Waals surface area contributed by atoms with Gasteiger partial charge in [0.15, 0.2) is 0 Å². The van der Waals surface area contributed by atoms with Crippen LogP contribution in [0.25, 0.3) is 0 Å². The van der Waals surface area contributed by atoms with Crippen LogP contribution in [0.4, 0.5) is 5.69 Å². The van der Waals surface area contributed by atoms with Crippen LogP contribution >= 0.6 is 0 Å². The number of hydrazone groups is 1. The van der Waals surface area contributed by atoms with Crippen molar-refractivity contribution in [2.24, 2.45) is 10.8 Å². The maximum atomic E-state index is 11.2. The molecule has 0 fully saturated rings. The van der Waals surface area contributed by atoms with E-state index in [1.165, 1.54) is 6.92 Å². The summed E-state index contributed by atoms with van der Waals surface area (Å²) in [6.45, 7) is 1.41. The van der Waals surface area contributed by atoms with E-state index in [1.807, 2.05) is 0 Å². The summed E-state index contributed by atoms with van der Waals surface area (Å²) in [5.74, 6) is -0.676. The van der Waals surface area contributed by atoms with Crippen LogP contribution in [0.1, 0.15) is 13.3 Å². The molecule has 0 aliphatic rings. The Morgan fingerprint density at radius 3 is 2.27 bits per heavy atom. The molecule has 1 rings (SSSR count). The van der Waals surface area contributed by atoms with Crippen molar-refractivity contribution in [2.45, 2.75) is 23.1 Å². The van der Waals surface area contributed by atoms with E-state index in [4.69, 9.17) is 14.8 Å². The molecule has 1 aromatic rings. The first-order chi connectivity index (χ1) is 9.91. The summed E-state index contributed by atoms with van der Waals surface area (Å²) in [7, 11) is -9.25. The van der Waals surface area contributed by atoms with Crippen LogP contribution < -0.4 is 11.2 Å². The molecule has 12 heteroatoms. The quantitative estimate of drug-likeness (QED) is 0.310. The molecular weight excluding hydrogens is 338 g/mol. The van der Waals surface area contributed by atoms with Gasteiger partial charge in [0.25, 0.3) is 20.2 Å². The fraction of sp³-hybridized carbons (Fsp3) is 0.200. The van der Waals surface area contributed by atoms with Gasteiger partial charge in [-0.05, 0) is 25.1 Å². The normalized spacial score (nSPS) is 13.0. The number of hydrogen-bond acceptors (Lipinski definition) is 7. The van der Waals surface area contributed by atoms with Crippen molar-refractivity contribution >= 4 is 37.5 Å². The molecule has 5 N–H and O–H groups in total. The summed E-state index contributed by atoms with van der Waals surface area (Å²) in [6.07, 6.45) is -0.216. The van der Waals surface area contributed by atoms with E-state index in [0.717, 1.165) is 18.2 Å². The van der Waals surface area contributed by atoms with E-state index in [0.29, 0.717) is 0 Å². The van der Waals surface area contributed by atoms with Gasteiger partial charge < -0.3 is 5.73 Å². The molecule has 0 saturated carbocycles. The number of nitrogens with zero attached hydrogens (tertiary/aromatic N) is 1. The summed E-state index contributed by atoms with van der Waals surface area (Å²) in [4.78, 5) is 9.43. The molecule has 0 aromatic heterocycles. The Bertz CT molecular complexity index is 828. The number of hydrogen-bond donors (Lipinski definition) is 4. The molecule has 0 aliphatic carbocycles. The first-order valence-corrected chi connectivity index (χ1v) is 8.46. The molecule has 0 spiro atoms. The molecule has 122 valence electrons. The molecule has 0 radical (unpaired) electrons. The molecule has 0 unspecified atom stereocenters. The highest BCUT2D eigenvalue weighted by atomic mass is 32.2. The van der Waals surface area contributed by atoms with Gasteiger partial charge in [0.05, 0.1) is 17.0 Å². The van der Waals surface area contributed by atoms with Crippen molar-refractivity contribution < 1.29 is 30.7 Å². The van der Waals surface area contributed by atoms with Gasteiger partial charge in [-0.2, -0.15) is 21.9 Å².